The third kappa shape index (κ3) is 0.924. The van der Waals surface area contributed by atoms with E-state index in [0.717, 1.165) is 0 Å². The van der Waals surface area contributed by atoms with Gasteiger partial charge in [0.1, 0.15) is 6.10 Å². The number of hydrogen-bond acceptors (Lipinski definition) is 2. The number of epoxide rings is 1. The predicted molar refractivity (Wildman–Crippen MR) is 26.0 cm³/mol. The van der Waals surface area contributed by atoms with Crippen molar-refractivity contribution in [1.29, 1.82) is 0 Å². The van der Waals surface area contributed by atoms with Crippen molar-refractivity contribution in [3.05, 3.63) is 0 Å². The van der Waals surface area contributed by atoms with Gasteiger partial charge in [-0.3, -0.25) is 0 Å². The fraction of sp³-hybridized carbons (Fsp3) is 1.00. The molecule has 0 aliphatic carbocycles. The molecule has 0 saturated carbocycles. The van der Waals surface area contributed by atoms with Crippen molar-refractivity contribution >= 4 is 0 Å². The van der Waals surface area contributed by atoms with Crippen molar-refractivity contribution in [2.75, 3.05) is 0 Å². The minimum Gasteiger partial charge on any atom is -0.391 e. The maximum absolute atomic E-state index is 8.74. The Labute approximate surface area is 43.1 Å². The van der Waals surface area contributed by atoms with Crippen molar-refractivity contribution in [2.24, 2.45) is 0 Å². The molecule has 1 saturated heterocycles. The van der Waals surface area contributed by atoms with E-state index in [2.05, 4.69) is 0 Å². The van der Waals surface area contributed by atoms with Gasteiger partial charge in [0, 0.05) is 0 Å². The van der Waals surface area contributed by atoms with Gasteiger partial charge >= 0.3 is 0 Å². The first-order valence-electron chi connectivity index (χ1n) is 2.55. The lowest BCUT2D eigenvalue weighted by molar-refractivity contribution is 0.152. The zero-order chi connectivity index (χ0) is 5.44. The second-order valence-electron chi connectivity index (χ2n) is 2.05. The third-order valence-electron chi connectivity index (χ3n) is 1.23. The van der Waals surface area contributed by atoms with E-state index in [1.807, 2.05) is 6.92 Å². The van der Waals surface area contributed by atoms with Crippen LogP contribution in [-0.4, -0.2) is 23.4 Å². The predicted octanol–water partition coefficient (Wildman–Crippen LogP) is 0.155. The van der Waals surface area contributed by atoms with Crippen molar-refractivity contribution in [3.63, 3.8) is 0 Å². The topological polar surface area (TPSA) is 32.8 Å². The normalized spacial score (nSPS) is 43.3. The van der Waals surface area contributed by atoms with E-state index in [9.17, 15) is 0 Å². The van der Waals surface area contributed by atoms with Gasteiger partial charge in [-0.1, -0.05) is 0 Å². The monoisotopic (exact) mass is 102 g/mol. The first kappa shape index (κ1) is 5.06. The Morgan fingerprint density at radius 3 is 2.14 bits per heavy atom. The lowest BCUT2D eigenvalue weighted by Gasteiger charge is -1.92. The first-order valence-corrected chi connectivity index (χ1v) is 2.55. The van der Waals surface area contributed by atoms with Crippen LogP contribution in [0.4, 0.5) is 0 Å². The van der Waals surface area contributed by atoms with E-state index in [1.54, 1.807) is 6.92 Å². The number of rotatable bonds is 1. The number of aliphatic hydroxyl groups is 1. The SMILES string of the molecule is CC(O)[C@H]1O[C@H]1C. The van der Waals surface area contributed by atoms with Gasteiger partial charge in [-0.05, 0) is 13.8 Å². The molecule has 42 valence electrons. The van der Waals surface area contributed by atoms with Gasteiger partial charge in [-0.2, -0.15) is 0 Å². The molecule has 1 aliphatic heterocycles. The summed E-state index contributed by atoms with van der Waals surface area (Å²) >= 11 is 0. The summed E-state index contributed by atoms with van der Waals surface area (Å²) in [5.74, 6) is 0. The molecule has 2 nitrogen and oxygen atoms in total. The highest BCUT2D eigenvalue weighted by atomic mass is 16.6. The fourth-order valence-electron chi connectivity index (χ4n) is 0.708. The lowest BCUT2D eigenvalue weighted by Crippen LogP contribution is -2.09. The summed E-state index contributed by atoms with van der Waals surface area (Å²) < 4.78 is 4.93. The van der Waals surface area contributed by atoms with Gasteiger partial charge in [-0.15, -0.1) is 0 Å². The van der Waals surface area contributed by atoms with Crippen LogP contribution in [-0.2, 0) is 4.74 Å². The Morgan fingerprint density at radius 2 is 2.14 bits per heavy atom. The Morgan fingerprint density at radius 1 is 1.71 bits per heavy atom. The number of aliphatic hydroxyl groups excluding tert-OH is 1. The Kier molecular flexibility index (Phi) is 1.05. The van der Waals surface area contributed by atoms with Crippen molar-refractivity contribution in [1.82, 2.24) is 0 Å². The van der Waals surface area contributed by atoms with Crippen LogP contribution in [0.25, 0.3) is 0 Å². The highest BCUT2D eigenvalue weighted by Gasteiger charge is 2.37. The molecule has 1 heterocycles. The molecule has 1 aliphatic rings. The maximum atomic E-state index is 8.74. The zero-order valence-electron chi connectivity index (χ0n) is 4.59. The summed E-state index contributed by atoms with van der Waals surface area (Å²) in [4.78, 5) is 0. The van der Waals surface area contributed by atoms with E-state index >= 15 is 0 Å². The smallest absolute Gasteiger partial charge is 0.109 e. The van der Waals surface area contributed by atoms with Crippen LogP contribution < -0.4 is 0 Å². The van der Waals surface area contributed by atoms with Crippen LogP contribution in [0.2, 0.25) is 0 Å². The number of hydrogen-bond donors (Lipinski definition) is 1. The van der Waals surface area contributed by atoms with Gasteiger partial charge in [0.2, 0.25) is 0 Å². The molecule has 0 amide bonds. The number of ether oxygens (including phenoxy) is 1. The molecule has 1 fully saturated rings. The summed E-state index contributed by atoms with van der Waals surface area (Å²) in [6.07, 6.45) is 0.134. The van der Waals surface area contributed by atoms with Gasteiger partial charge in [0.25, 0.3) is 0 Å². The quantitative estimate of drug-likeness (QED) is 0.478. The van der Waals surface area contributed by atoms with Crippen molar-refractivity contribution in [2.45, 2.75) is 32.2 Å². The van der Waals surface area contributed by atoms with E-state index in [0.29, 0.717) is 6.10 Å². The molecule has 0 radical (unpaired) electrons. The molecule has 2 heteroatoms. The van der Waals surface area contributed by atoms with E-state index in [-0.39, 0.29) is 12.2 Å². The Balaban J connectivity index is 2.20. The van der Waals surface area contributed by atoms with Crippen LogP contribution in [0.3, 0.4) is 0 Å². The summed E-state index contributed by atoms with van der Waals surface area (Å²) in [6, 6.07) is 0. The van der Waals surface area contributed by atoms with Crippen LogP contribution >= 0.6 is 0 Å². The largest absolute Gasteiger partial charge is 0.391 e. The molecule has 0 aromatic rings. The van der Waals surface area contributed by atoms with E-state index < -0.39 is 0 Å². The van der Waals surface area contributed by atoms with E-state index in [4.69, 9.17) is 9.84 Å². The Bertz CT molecular complexity index is 70.5. The van der Waals surface area contributed by atoms with Crippen LogP contribution in [0, 0.1) is 0 Å². The van der Waals surface area contributed by atoms with Crippen LogP contribution in [0.15, 0.2) is 0 Å². The molecule has 1 N–H and O–H groups in total. The van der Waals surface area contributed by atoms with Crippen LogP contribution in [0.5, 0.6) is 0 Å². The highest BCUT2D eigenvalue weighted by molar-refractivity contribution is 4.84. The molecule has 1 unspecified atom stereocenters. The first-order chi connectivity index (χ1) is 3.22. The second kappa shape index (κ2) is 1.46. The van der Waals surface area contributed by atoms with Gasteiger partial charge in [0.15, 0.2) is 0 Å². The molecule has 0 aromatic heterocycles. The molecule has 3 atom stereocenters. The lowest BCUT2D eigenvalue weighted by atomic mass is 10.2. The summed E-state index contributed by atoms with van der Waals surface area (Å²) in [6.45, 7) is 3.70. The minimum atomic E-state index is -0.282. The van der Waals surface area contributed by atoms with Crippen molar-refractivity contribution in [3.8, 4) is 0 Å². The molecule has 7 heavy (non-hydrogen) atoms. The molecule has 0 bridgehead atoms. The molecule has 0 aromatic carbocycles. The summed E-state index contributed by atoms with van der Waals surface area (Å²) in [5, 5.41) is 8.74. The van der Waals surface area contributed by atoms with Gasteiger partial charge < -0.3 is 9.84 Å². The Hall–Kier alpha value is -0.0800. The average molecular weight is 102 g/mol. The second-order valence-corrected chi connectivity index (χ2v) is 2.05. The maximum Gasteiger partial charge on any atom is 0.109 e. The molecule has 1 rings (SSSR count). The van der Waals surface area contributed by atoms with Gasteiger partial charge in [0.05, 0.1) is 12.2 Å². The zero-order valence-corrected chi connectivity index (χ0v) is 4.59. The van der Waals surface area contributed by atoms with Crippen molar-refractivity contribution < 1.29 is 9.84 Å². The minimum absolute atomic E-state index is 0.125. The third-order valence-corrected chi connectivity index (χ3v) is 1.23. The highest BCUT2D eigenvalue weighted by Crippen LogP contribution is 2.23. The molecular weight excluding hydrogens is 92.1 g/mol. The molecular formula is C5H10O2. The fourth-order valence-corrected chi connectivity index (χ4v) is 0.708. The molecule has 0 spiro atoms. The summed E-state index contributed by atoms with van der Waals surface area (Å²) in [7, 11) is 0. The standard InChI is InChI=1S/C5H10O2/c1-3(6)5-4(2)7-5/h3-6H,1-2H3/t3?,4-,5+/m0/s1. The average Bonchev–Trinajstić information content (AvgIpc) is 2.17. The van der Waals surface area contributed by atoms with E-state index in [1.165, 1.54) is 0 Å². The van der Waals surface area contributed by atoms with Crippen LogP contribution in [0.1, 0.15) is 13.8 Å². The summed E-state index contributed by atoms with van der Waals surface area (Å²) in [5.41, 5.74) is 0. The van der Waals surface area contributed by atoms with Gasteiger partial charge in [-0.25, -0.2) is 0 Å².